The Morgan fingerprint density at radius 1 is 0.903 bits per heavy atom. The molecule has 1 aliphatic carbocycles. The minimum Gasteiger partial charge on any atom is -0.457 e. The lowest BCUT2D eigenvalue weighted by atomic mass is 10.0. The van der Waals surface area contributed by atoms with E-state index >= 15 is 0 Å². The average molecular weight is 406 g/mol. The van der Waals surface area contributed by atoms with E-state index in [-0.39, 0.29) is 11.9 Å². The van der Waals surface area contributed by atoms with Gasteiger partial charge in [0.25, 0.3) is 0 Å². The van der Waals surface area contributed by atoms with Crippen molar-refractivity contribution in [2.24, 2.45) is 0 Å². The second-order valence-corrected chi connectivity index (χ2v) is 8.39. The lowest BCUT2D eigenvalue weighted by Crippen LogP contribution is -2.38. The summed E-state index contributed by atoms with van der Waals surface area (Å²) in [5, 5.41) is 0.982. The molecule has 0 bridgehead atoms. The molecule has 0 fully saturated rings. The Balaban J connectivity index is 1.46. The van der Waals surface area contributed by atoms with Gasteiger partial charge in [0.2, 0.25) is 5.91 Å². The maximum atomic E-state index is 13.2. The molecule has 1 amide bonds. The molecule has 1 aromatic heterocycles. The third-order valence-corrected chi connectivity index (χ3v) is 6.44. The van der Waals surface area contributed by atoms with Gasteiger partial charge in [0.05, 0.1) is 17.6 Å². The third kappa shape index (κ3) is 2.98. The van der Waals surface area contributed by atoms with E-state index in [1.807, 2.05) is 60.4 Å². The van der Waals surface area contributed by atoms with E-state index in [2.05, 4.69) is 24.3 Å². The first-order chi connectivity index (χ1) is 15.2. The Morgan fingerprint density at radius 3 is 2.35 bits per heavy atom. The number of benzene rings is 3. The number of carbonyl (C=O) groups excluding carboxylic acids is 1. The van der Waals surface area contributed by atoms with Crippen molar-refractivity contribution in [3.05, 3.63) is 95.2 Å². The maximum Gasteiger partial charge on any atom is 0.231 e. The van der Waals surface area contributed by atoms with E-state index in [0.29, 0.717) is 6.42 Å². The fourth-order valence-electron chi connectivity index (χ4n) is 5.02. The van der Waals surface area contributed by atoms with Crippen molar-refractivity contribution in [3.63, 3.8) is 0 Å². The molecule has 2 heterocycles. The Kier molecular flexibility index (Phi) is 4.06. The fraction of sp³-hybridized carbons (Fsp3) is 0.185. The van der Waals surface area contributed by atoms with E-state index in [1.165, 1.54) is 11.1 Å². The van der Waals surface area contributed by atoms with Gasteiger partial charge in [0.15, 0.2) is 0 Å². The van der Waals surface area contributed by atoms with Crippen molar-refractivity contribution in [2.45, 2.75) is 32.2 Å². The normalized spacial score (nSPS) is 15.4. The second kappa shape index (κ2) is 6.95. The smallest absolute Gasteiger partial charge is 0.231 e. The van der Waals surface area contributed by atoms with Crippen LogP contribution in [-0.4, -0.2) is 16.9 Å². The highest BCUT2D eigenvalue weighted by Gasteiger charge is 2.38. The predicted molar refractivity (Wildman–Crippen MR) is 122 cm³/mol. The van der Waals surface area contributed by atoms with Gasteiger partial charge >= 0.3 is 0 Å². The Bertz CT molecular complexity index is 1310. The van der Waals surface area contributed by atoms with Crippen molar-refractivity contribution in [1.82, 2.24) is 4.98 Å². The molecular formula is C27H22N2O2. The van der Waals surface area contributed by atoms with Crippen molar-refractivity contribution < 1.29 is 9.53 Å². The number of nitrogens with zero attached hydrogens (tertiary/aromatic N) is 2. The SMILES string of the molecule is Cc1nc2ccc(Oc3ccccc3)cc2c2c1CC(=O)N2C1Cc2ccccc2C1. The van der Waals surface area contributed by atoms with Crippen LogP contribution in [0.15, 0.2) is 72.8 Å². The molecule has 0 radical (unpaired) electrons. The molecule has 4 heteroatoms. The third-order valence-electron chi connectivity index (χ3n) is 6.44. The van der Waals surface area contributed by atoms with Gasteiger partial charge in [-0.1, -0.05) is 42.5 Å². The van der Waals surface area contributed by atoms with Gasteiger partial charge < -0.3 is 9.64 Å². The number of ether oxygens (including phenoxy) is 1. The molecule has 6 rings (SSSR count). The number of amides is 1. The predicted octanol–water partition coefficient (Wildman–Crippen LogP) is 5.39. The molecule has 0 saturated heterocycles. The van der Waals surface area contributed by atoms with Gasteiger partial charge in [-0.3, -0.25) is 9.78 Å². The Morgan fingerprint density at radius 2 is 1.61 bits per heavy atom. The quantitative estimate of drug-likeness (QED) is 0.458. The van der Waals surface area contributed by atoms with Gasteiger partial charge in [-0.05, 0) is 61.2 Å². The number of para-hydroxylation sites is 1. The zero-order valence-corrected chi connectivity index (χ0v) is 17.3. The van der Waals surface area contributed by atoms with Crippen molar-refractivity contribution in [1.29, 1.82) is 0 Å². The van der Waals surface area contributed by atoms with Crippen molar-refractivity contribution in [3.8, 4) is 11.5 Å². The monoisotopic (exact) mass is 406 g/mol. The summed E-state index contributed by atoms with van der Waals surface area (Å²) in [6, 6.07) is 24.4. The lowest BCUT2D eigenvalue weighted by molar-refractivity contribution is -0.117. The van der Waals surface area contributed by atoms with E-state index in [4.69, 9.17) is 9.72 Å². The molecular weight excluding hydrogens is 384 g/mol. The summed E-state index contributed by atoms with van der Waals surface area (Å²) in [4.78, 5) is 20.0. The number of aromatic nitrogens is 1. The molecule has 4 nitrogen and oxygen atoms in total. The number of anilines is 1. The van der Waals surface area contributed by atoms with Gasteiger partial charge in [-0.15, -0.1) is 0 Å². The number of hydrogen-bond acceptors (Lipinski definition) is 3. The van der Waals surface area contributed by atoms with Gasteiger partial charge in [0, 0.05) is 22.7 Å². The molecule has 0 unspecified atom stereocenters. The standard InChI is InChI=1S/C27H22N2O2/c1-17-23-16-26(30)29(20-13-18-7-5-6-8-19(18)14-20)27(23)24-15-22(11-12-25(24)28-17)31-21-9-3-2-4-10-21/h2-12,15,20H,13-14,16H2,1H3. The van der Waals surface area contributed by atoms with E-state index in [9.17, 15) is 4.79 Å². The van der Waals surface area contributed by atoms with E-state index < -0.39 is 0 Å². The summed E-state index contributed by atoms with van der Waals surface area (Å²) in [5.41, 5.74) is 6.58. The molecule has 0 saturated carbocycles. The summed E-state index contributed by atoms with van der Waals surface area (Å²) in [6.07, 6.45) is 2.20. The summed E-state index contributed by atoms with van der Waals surface area (Å²) in [6.45, 7) is 2.01. The van der Waals surface area contributed by atoms with E-state index in [1.54, 1.807) is 0 Å². The molecule has 0 spiro atoms. The molecule has 0 N–H and O–H groups in total. The fourth-order valence-corrected chi connectivity index (χ4v) is 5.02. The molecule has 1 aliphatic heterocycles. The topological polar surface area (TPSA) is 42.4 Å². The highest BCUT2D eigenvalue weighted by atomic mass is 16.5. The number of fused-ring (bicyclic) bond motifs is 4. The summed E-state index contributed by atoms with van der Waals surface area (Å²) >= 11 is 0. The first-order valence-corrected chi connectivity index (χ1v) is 10.7. The largest absolute Gasteiger partial charge is 0.457 e. The Labute approximate surface area is 181 Å². The van der Waals surface area contributed by atoms with Crippen molar-refractivity contribution in [2.75, 3.05) is 4.90 Å². The number of hydrogen-bond donors (Lipinski definition) is 0. The molecule has 2 aliphatic rings. The van der Waals surface area contributed by atoms with Crippen LogP contribution in [0.2, 0.25) is 0 Å². The van der Waals surface area contributed by atoms with Crippen LogP contribution in [0.5, 0.6) is 11.5 Å². The first-order valence-electron chi connectivity index (χ1n) is 10.7. The number of rotatable bonds is 3. The van der Waals surface area contributed by atoms with Crippen LogP contribution in [0.4, 0.5) is 5.69 Å². The summed E-state index contributed by atoms with van der Waals surface area (Å²) < 4.78 is 6.08. The second-order valence-electron chi connectivity index (χ2n) is 8.39. The zero-order chi connectivity index (χ0) is 20.9. The molecule has 31 heavy (non-hydrogen) atoms. The van der Waals surface area contributed by atoms with Crippen LogP contribution < -0.4 is 9.64 Å². The highest BCUT2D eigenvalue weighted by molar-refractivity contribution is 6.11. The molecule has 152 valence electrons. The molecule has 4 aromatic rings. The lowest BCUT2D eigenvalue weighted by Gasteiger charge is -2.26. The van der Waals surface area contributed by atoms with Gasteiger partial charge in [0.1, 0.15) is 11.5 Å². The zero-order valence-electron chi connectivity index (χ0n) is 17.3. The van der Waals surface area contributed by atoms with Crippen LogP contribution in [0, 0.1) is 6.92 Å². The van der Waals surface area contributed by atoms with E-state index in [0.717, 1.165) is 52.2 Å². The number of pyridine rings is 1. The van der Waals surface area contributed by atoms with Crippen LogP contribution >= 0.6 is 0 Å². The number of aryl methyl sites for hydroxylation is 1. The minimum atomic E-state index is 0.148. The van der Waals surface area contributed by atoms with Crippen LogP contribution in [0.1, 0.15) is 22.4 Å². The first kappa shape index (κ1) is 18.1. The maximum absolute atomic E-state index is 13.2. The Hall–Kier alpha value is -3.66. The van der Waals surface area contributed by atoms with Gasteiger partial charge in [-0.25, -0.2) is 0 Å². The summed E-state index contributed by atoms with van der Waals surface area (Å²) in [7, 11) is 0. The molecule has 3 aromatic carbocycles. The van der Waals surface area contributed by atoms with Crippen LogP contribution in [-0.2, 0) is 24.1 Å². The van der Waals surface area contributed by atoms with Crippen LogP contribution in [0.25, 0.3) is 10.9 Å². The van der Waals surface area contributed by atoms with Crippen molar-refractivity contribution >= 4 is 22.5 Å². The van der Waals surface area contributed by atoms with Crippen LogP contribution in [0.3, 0.4) is 0 Å². The molecule has 0 atom stereocenters. The number of carbonyl (C=O) groups is 1. The summed E-state index contributed by atoms with van der Waals surface area (Å²) in [5.74, 6) is 1.71. The average Bonchev–Trinajstić information content (AvgIpc) is 3.36. The van der Waals surface area contributed by atoms with Gasteiger partial charge in [-0.2, -0.15) is 0 Å². The highest BCUT2D eigenvalue weighted by Crippen LogP contribution is 2.42. The minimum absolute atomic E-state index is 0.148.